The molecular formula is C16H23N. The van der Waals surface area contributed by atoms with Crippen molar-refractivity contribution in [2.24, 2.45) is 0 Å². The van der Waals surface area contributed by atoms with E-state index >= 15 is 0 Å². The molecule has 1 aromatic rings. The average Bonchev–Trinajstić information content (AvgIpc) is 2.33. The lowest BCUT2D eigenvalue weighted by Crippen LogP contribution is -2.22. The number of rotatable bonds is 6. The van der Waals surface area contributed by atoms with E-state index < -0.39 is 0 Å². The molecule has 0 spiro atoms. The maximum atomic E-state index is 5.37. The van der Waals surface area contributed by atoms with Crippen LogP contribution in [0.1, 0.15) is 48.9 Å². The van der Waals surface area contributed by atoms with Crippen LogP contribution in [0.2, 0.25) is 0 Å². The first-order valence-corrected chi connectivity index (χ1v) is 6.43. The second-order valence-corrected chi connectivity index (χ2v) is 4.61. The molecule has 0 aromatic heterocycles. The third-order valence-electron chi connectivity index (χ3n) is 3.03. The second kappa shape index (κ2) is 7.14. The Kier molecular flexibility index (Phi) is 5.80. The van der Waals surface area contributed by atoms with Crippen molar-refractivity contribution in [2.45, 2.75) is 46.1 Å². The van der Waals surface area contributed by atoms with Crippen LogP contribution in [0.4, 0.5) is 0 Å². The fourth-order valence-electron chi connectivity index (χ4n) is 2.05. The van der Waals surface area contributed by atoms with Crippen molar-refractivity contribution < 1.29 is 0 Å². The highest BCUT2D eigenvalue weighted by Gasteiger charge is 2.12. The highest BCUT2D eigenvalue weighted by molar-refractivity contribution is 5.33. The lowest BCUT2D eigenvalue weighted by Gasteiger charge is -2.20. The Morgan fingerprint density at radius 3 is 2.76 bits per heavy atom. The summed E-state index contributed by atoms with van der Waals surface area (Å²) in [5, 5.41) is 3.59. The highest BCUT2D eigenvalue weighted by Crippen LogP contribution is 2.23. The number of terminal acetylenes is 1. The minimum atomic E-state index is 0.394. The second-order valence-electron chi connectivity index (χ2n) is 4.61. The van der Waals surface area contributed by atoms with Crippen LogP contribution in [0.3, 0.4) is 0 Å². The molecule has 0 amide bonds. The topological polar surface area (TPSA) is 12.0 Å². The molecule has 0 aliphatic heterocycles. The monoisotopic (exact) mass is 229 g/mol. The molecule has 0 radical (unpaired) electrons. The maximum absolute atomic E-state index is 5.37. The van der Waals surface area contributed by atoms with Gasteiger partial charge in [0, 0.05) is 12.5 Å². The largest absolute Gasteiger partial charge is 0.310 e. The quantitative estimate of drug-likeness (QED) is 0.732. The molecule has 1 rings (SSSR count). The van der Waals surface area contributed by atoms with E-state index in [0.717, 1.165) is 25.8 Å². The van der Waals surface area contributed by atoms with Gasteiger partial charge in [-0.3, -0.25) is 0 Å². The van der Waals surface area contributed by atoms with Crippen LogP contribution < -0.4 is 5.32 Å². The summed E-state index contributed by atoms with van der Waals surface area (Å²) in [5.74, 6) is 2.74. The molecule has 1 heteroatoms. The van der Waals surface area contributed by atoms with E-state index in [9.17, 15) is 0 Å². The normalized spacial score (nSPS) is 12.1. The molecule has 1 N–H and O–H groups in total. The zero-order valence-corrected chi connectivity index (χ0v) is 11.2. The van der Waals surface area contributed by atoms with Gasteiger partial charge in [-0.1, -0.05) is 30.7 Å². The van der Waals surface area contributed by atoms with Gasteiger partial charge in [-0.15, -0.1) is 12.3 Å². The van der Waals surface area contributed by atoms with Gasteiger partial charge in [0.25, 0.3) is 0 Å². The fourth-order valence-corrected chi connectivity index (χ4v) is 2.05. The smallest absolute Gasteiger partial charge is 0.0332 e. The standard InChI is InChI=1S/C16H23N/c1-5-7-8-16(17-11-6-2)15-12-13(3)9-10-14(15)4/h1,9-10,12,16-17H,6-8,11H2,2-4H3. The Morgan fingerprint density at radius 1 is 1.35 bits per heavy atom. The molecule has 0 aliphatic rings. The van der Waals surface area contributed by atoms with Crippen molar-refractivity contribution in [3.05, 3.63) is 34.9 Å². The lowest BCUT2D eigenvalue weighted by atomic mass is 9.95. The Bertz CT molecular complexity index is 387. The molecule has 17 heavy (non-hydrogen) atoms. The molecule has 1 aromatic carbocycles. The van der Waals surface area contributed by atoms with E-state index in [1.54, 1.807) is 0 Å². The van der Waals surface area contributed by atoms with Gasteiger partial charge in [0.15, 0.2) is 0 Å². The molecule has 1 atom stereocenters. The van der Waals surface area contributed by atoms with Crippen molar-refractivity contribution in [1.29, 1.82) is 0 Å². The van der Waals surface area contributed by atoms with E-state index in [4.69, 9.17) is 6.42 Å². The van der Waals surface area contributed by atoms with Gasteiger partial charge in [0.2, 0.25) is 0 Å². The first kappa shape index (κ1) is 13.8. The number of aryl methyl sites for hydroxylation is 2. The van der Waals surface area contributed by atoms with Crippen LogP contribution in [-0.2, 0) is 0 Å². The molecule has 0 fully saturated rings. The highest BCUT2D eigenvalue weighted by atomic mass is 14.9. The summed E-state index contributed by atoms with van der Waals surface area (Å²) in [4.78, 5) is 0. The SMILES string of the molecule is C#CCCC(NCCC)c1cc(C)ccc1C. The van der Waals surface area contributed by atoms with Gasteiger partial charge < -0.3 is 5.32 Å². The maximum Gasteiger partial charge on any atom is 0.0332 e. The third-order valence-corrected chi connectivity index (χ3v) is 3.03. The number of nitrogens with one attached hydrogen (secondary N) is 1. The molecule has 0 bridgehead atoms. The van der Waals surface area contributed by atoms with Crippen molar-refractivity contribution in [1.82, 2.24) is 5.32 Å². The Hall–Kier alpha value is -1.26. The first-order valence-electron chi connectivity index (χ1n) is 6.43. The summed E-state index contributed by atoms with van der Waals surface area (Å²) < 4.78 is 0. The van der Waals surface area contributed by atoms with Crippen LogP contribution >= 0.6 is 0 Å². The molecule has 0 saturated carbocycles. The fraction of sp³-hybridized carbons (Fsp3) is 0.500. The van der Waals surface area contributed by atoms with Gasteiger partial charge in [0.05, 0.1) is 0 Å². The van der Waals surface area contributed by atoms with Gasteiger partial charge in [-0.05, 0) is 44.4 Å². The molecule has 0 aliphatic carbocycles. The van der Waals surface area contributed by atoms with Gasteiger partial charge in [-0.2, -0.15) is 0 Å². The van der Waals surface area contributed by atoms with Crippen molar-refractivity contribution in [2.75, 3.05) is 6.54 Å². The molecule has 1 nitrogen and oxygen atoms in total. The summed E-state index contributed by atoms with van der Waals surface area (Å²) in [6.45, 7) is 7.54. The molecule has 0 heterocycles. The predicted octanol–water partition coefficient (Wildman–Crippen LogP) is 3.76. The molecule has 92 valence electrons. The predicted molar refractivity (Wildman–Crippen MR) is 75.0 cm³/mol. The van der Waals surface area contributed by atoms with E-state index in [0.29, 0.717) is 6.04 Å². The van der Waals surface area contributed by atoms with Gasteiger partial charge in [-0.25, -0.2) is 0 Å². The number of hydrogen-bond acceptors (Lipinski definition) is 1. The zero-order valence-electron chi connectivity index (χ0n) is 11.2. The summed E-state index contributed by atoms with van der Waals surface area (Å²) >= 11 is 0. The molecule has 0 saturated heterocycles. The minimum absolute atomic E-state index is 0.394. The molecular weight excluding hydrogens is 206 g/mol. The van der Waals surface area contributed by atoms with Crippen LogP contribution in [0, 0.1) is 26.2 Å². The van der Waals surface area contributed by atoms with E-state index in [2.05, 4.69) is 50.2 Å². The summed E-state index contributed by atoms with van der Waals surface area (Å²) in [6.07, 6.45) is 8.37. The van der Waals surface area contributed by atoms with Crippen LogP contribution in [0.25, 0.3) is 0 Å². The van der Waals surface area contributed by atoms with Gasteiger partial charge >= 0.3 is 0 Å². The van der Waals surface area contributed by atoms with Crippen LogP contribution in [0.15, 0.2) is 18.2 Å². The Morgan fingerprint density at radius 2 is 2.12 bits per heavy atom. The van der Waals surface area contributed by atoms with Crippen molar-refractivity contribution in [3.63, 3.8) is 0 Å². The first-order chi connectivity index (χ1) is 8.19. The van der Waals surface area contributed by atoms with E-state index in [1.807, 2.05) is 0 Å². The summed E-state index contributed by atoms with van der Waals surface area (Å²) in [6, 6.07) is 7.03. The van der Waals surface area contributed by atoms with Crippen molar-refractivity contribution in [3.8, 4) is 12.3 Å². The minimum Gasteiger partial charge on any atom is -0.310 e. The average molecular weight is 229 g/mol. The summed E-state index contributed by atoms with van der Waals surface area (Å²) in [7, 11) is 0. The third kappa shape index (κ3) is 4.24. The number of hydrogen-bond donors (Lipinski definition) is 1. The van der Waals surface area contributed by atoms with Gasteiger partial charge in [0.1, 0.15) is 0 Å². The van der Waals surface area contributed by atoms with Crippen LogP contribution in [0.5, 0.6) is 0 Å². The van der Waals surface area contributed by atoms with E-state index in [-0.39, 0.29) is 0 Å². The lowest BCUT2D eigenvalue weighted by molar-refractivity contribution is 0.503. The van der Waals surface area contributed by atoms with E-state index in [1.165, 1.54) is 16.7 Å². The Labute approximate surface area is 106 Å². The number of benzene rings is 1. The van der Waals surface area contributed by atoms with Crippen molar-refractivity contribution >= 4 is 0 Å². The zero-order chi connectivity index (χ0) is 12.7. The Balaban J connectivity index is 2.86. The molecule has 1 unspecified atom stereocenters. The van der Waals surface area contributed by atoms with Crippen LogP contribution in [-0.4, -0.2) is 6.54 Å². The summed E-state index contributed by atoms with van der Waals surface area (Å²) in [5.41, 5.74) is 4.06.